The van der Waals surface area contributed by atoms with Gasteiger partial charge in [-0.25, -0.2) is 9.18 Å². The Morgan fingerprint density at radius 2 is 2.00 bits per heavy atom. The van der Waals surface area contributed by atoms with Gasteiger partial charge in [-0.1, -0.05) is 12.1 Å². The van der Waals surface area contributed by atoms with E-state index in [1.807, 2.05) is 6.92 Å². The number of nitroso groups, excluding NO2 is 1. The number of carbonyl (C=O) groups excluding carboxylic acids is 1. The van der Waals surface area contributed by atoms with Gasteiger partial charge in [0, 0.05) is 37.8 Å². The molecule has 0 saturated carbocycles. The number of nitrogens with zero attached hydrogens (tertiary/aromatic N) is 3. The molecule has 0 unspecified atom stereocenters. The first-order valence-corrected chi connectivity index (χ1v) is 6.77. The van der Waals surface area contributed by atoms with Crippen molar-refractivity contribution in [1.82, 2.24) is 9.80 Å². The summed E-state index contributed by atoms with van der Waals surface area (Å²) in [5.74, 6) is -0.574. The molecule has 0 aliphatic carbocycles. The molecule has 0 N–H and O–H groups in total. The summed E-state index contributed by atoms with van der Waals surface area (Å²) in [7, 11) is 1.35. The fourth-order valence-corrected chi connectivity index (χ4v) is 2.55. The Hall–Kier alpha value is -2.02. The molecule has 1 heterocycles. The number of hydrogen-bond donors (Lipinski definition) is 0. The van der Waals surface area contributed by atoms with E-state index in [0.29, 0.717) is 31.7 Å². The lowest BCUT2D eigenvalue weighted by molar-refractivity contribution is 0.0771. The van der Waals surface area contributed by atoms with Crippen LogP contribution >= 0.6 is 0 Å². The second-order valence-electron chi connectivity index (χ2n) is 4.94. The van der Waals surface area contributed by atoms with Crippen molar-refractivity contribution in [3.05, 3.63) is 34.5 Å². The zero-order valence-corrected chi connectivity index (χ0v) is 12.1. The van der Waals surface area contributed by atoms with Crippen LogP contribution in [0, 0.1) is 10.7 Å². The molecular formula is C14H18FN3O3. The molecule has 0 bridgehead atoms. The van der Waals surface area contributed by atoms with Crippen LogP contribution in [0.4, 0.5) is 14.9 Å². The summed E-state index contributed by atoms with van der Waals surface area (Å²) in [4.78, 5) is 25.7. The Morgan fingerprint density at radius 1 is 1.33 bits per heavy atom. The van der Waals surface area contributed by atoms with E-state index in [9.17, 15) is 14.1 Å². The van der Waals surface area contributed by atoms with E-state index in [0.717, 1.165) is 0 Å². The molecule has 0 aromatic heterocycles. The van der Waals surface area contributed by atoms with Crippen LogP contribution in [-0.2, 0) is 4.74 Å². The Kier molecular flexibility index (Phi) is 4.85. The van der Waals surface area contributed by atoms with Crippen LogP contribution in [0.3, 0.4) is 0 Å². The van der Waals surface area contributed by atoms with Crippen molar-refractivity contribution in [2.45, 2.75) is 13.0 Å². The maximum absolute atomic E-state index is 14.1. The van der Waals surface area contributed by atoms with E-state index in [1.165, 1.54) is 13.2 Å². The average Bonchev–Trinajstić information content (AvgIpc) is 2.54. The third-order valence-electron chi connectivity index (χ3n) is 3.85. The number of methoxy groups -OCH3 is 1. The molecule has 21 heavy (non-hydrogen) atoms. The van der Waals surface area contributed by atoms with Gasteiger partial charge in [0.1, 0.15) is 5.69 Å². The number of hydrogen-bond acceptors (Lipinski definition) is 5. The average molecular weight is 295 g/mol. The monoisotopic (exact) mass is 295 g/mol. The lowest BCUT2D eigenvalue weighted by Crippen LogP contribution is -2.49. The number of amides is 1. The van der Waals surface area contributed by atoms with Gasteiger partial charge < -0.3 is 9.64 Å². The van der Waals surface area contributed by atoms with E-state index < -0.39 is 5.82 Å². The van der Waals surface area contributed by atoms with Crippen molar-refractivity contribution in [2.75, 3.05) is 33.3 Å². The zero-order chi connectivity index (χ0) is 15.4. The minimum Gasteiger partial charge on any atom is -0.453 e. The molecule has 1 atom stereocenters. The highest BCUT2D eigenvalue weighted by molar-refractivity contribution is 5.67. The normalized spacial score (nSPS) is 17.4. The molecule has 1 fully saturated rings. The number of carbonyl (C=O) groups is 1. The van der Waals surface area contributed by atoms with E-state index in [2.05, 4.69) is 14.8 Å². The summed E-state index contributed by atoms with van der Waals surface area (Å²) in [6, 6.07) is 4.44. The minimum atomic E-state index is -0.574. The third kappa shape index (κ3) is 3.18. The first-order valence-electron chi connectivity index (χ1n) is 6.77. The first-order chi connectivity index (χ1) is 10.1. The molecule has 1 aromatic carbocycles. The van der Waals surface area contributed by atoms with Crippen molar-refractivity contribution >= 4 is 11.8 Å². The van der Waals surface area contributed by atoms with Crippen LogP contribution in [0.15, 0.2) is 23.4 Å². The summed E-state index contributed by atoms with van der Waals surface area (Å²) in [5.41, 5.74) is 0.270. The smallest absolute Gasteiger partial charge is 0.409 e. The summed E-state index contributed by atoms with van der Waals surface area (Å²) >= 11 is 0. The van der Waals surface area contributed by atoms with Crippen LogP contribution in [0.5, 0.6) is 0 Å². The highest BCUT2D eigenvalue weighted by atomic mass is 19.1. The quantitative estimate of drug-likeness (QED) is 0.804. The number of rotatable bonds is 3. The lowest BCUT2D eigenvalue weighted by Gasteiger charge is -2.37. The van der Waals surface area contributed by atoms with E-state index in [1.54, 1.807) is 17.0 Å². The van der Waals surface area contributed by atoms with Crippen molar-refractivity contribution in [3.63, 3.8) is 0 Å². The van der Waals surface area contributed by atoms with Crippen LogP contribution in [-0.4, -0.2) is 49.2 Å². The van der Waals surface area contributed by atoms with E-state index in [4.69, 9.17) is 0 Å². The largest absolute Gasteiger partial charge is 0.453 e. The number of piperazine rings is 1. The first kappa shape index (κ1) is 15.4. The van der Waals surface area contributed by atoms with Gasteiger partial charge in [-0.15, -0.1) is 4.91 Å². The van der Waals surface area contributed by atoms with Gasteiger partial charge in [0.25, 0.3) is 0 Å². The summed E-state index contributed by atoms with van der Waals surface area (Å²) in [5, 5.41) is 2.69. The van der Waals surface area contributed by atoms with Gasteiger partial charge in [-0.05, 0) is 18.2 Å². The molecule has 7 heteroatoms. The van der Waals surface area contributed by atoms with Gasteiger partial charge in [-0.2, -0.15) is 0 Å². The third-order valence-corrected chi connectivity index (χ3v) is 3.85. The zero-order valence-electron chi connectivity index (χ0n) is 12.1. The topological polar surface area (TPSA) is 62.2 Å². The molecule has 1 aliphatic heterocycles. The van der Waals surface area contributed by atoms with Crippen molar-refractivity contribution in [3.8, 4) is 0 Å². The molecule has 2 rings (SSSR count). The van der Waals surface area contributed by atoms with Crippen LogP contribution in [0.2, 0.25) is 0 Å². The molecular weight excluding hydrogens is 277 g/mol. The van der Waals surface area contributed by atoms with Gasteiger partial charge in [0.2, 0.25) is 0 Å². The van der Waals surface area contributed by atoms with Gasteiger partial charge >= 0.3 is 6.09 Å². The standard InChI is InChI=1S/C14H18FN3O3/c1-10(11-4-3-5-12(16-20)13(11)15)17-6-8-18(9-7-17)14(19)21-2/h3-5,10H,6-9H2,1-2H3/t10-/m0/s1. The Balaban J connectivity index is 2.07. The van der Waals surface area contributed by atoms with Crippen LogP contribution in [0.25, 0.3) is 0 Å². The van der Waals surface area contributed by atoms with Gasteiger partial charge in [0.15, 0.2) is 5.82 Å². The number of ether oxygens (including phenoxy) is 1. The van der Waals surface area contributed by atoms with Crippen molar-refractivity contribution in [1.29, 1.82) is 0 Å². The van der Waals surface area contributed by atoms with Gasteiger partial charge in [0.05, 0.1) is 7.11 Å². The second kappa shape index (κ2) is 6.62. The van der Waals surface area contributed by atoms with Crippen LogP contribution in [0.1, 0.15) is 18.5 Å². The minimum absolute atomic E-state index is 0.174. The molecule has 1 aromatic rings. The second-order valence-corrected chi connectivity index (χ2v) is 4.94. The molecule has 6 nitrogen and oxygen atoms in total. The van der Waals surface area contributed by atoms with E-state index in [-0.39, 0.29) is 17.8 Å². The maximum atomic E-state index is 14.1. The van der Waals surface area contributed by atoms with Crippen LogP contribution < -0.4 is 0 Å². The highest BCUT2D eigenvalue weighted by Crippen LogP contribution is 2.29. The lowest BCUT2D eigenvalue weighted by atomic mass is 10.0. The van der Waals surface area contributed by atoms with Gasteiger partial charge in [-0.3, -0.25) is 4.90 Å². The summed E-state index contributed by atoms with van der Waals surface area (Å²) in [6.45, 7) is 4.18. The fraction of sp³-hybridized carbons (Fsp3) is 0.500. The van der Waals surface area contributed by atoms with Crippen molar-refractivity contribution < 1.29 is 13.9 Å². The summed E-state index contributed by atoms with van der Waals surface area (Å²) in [6.07, 6.45) is -0.347. The Labute approximate surface area is 122 Å². The molecule has 0 spiro atoms. The number of benzene rings is 1. The SMILES string of the molecule is COC(=O)N1CCN([C@@H](C)c2cccc(N=O)c2F)CC1. The predicted molar refractivity (Wildman–Crippen MR) is 75.8 cm³/mol. The fourth-order valence-electron chi connectivity index (χ4n) is 2.55. The summed E-state index contributed by atoms with van der Waals surface area (Å²) < 4.78 is 18.8. The predicted octanol–water partition coefficient (Wildman–Crippen LogP) is 2.67. The molecule has 1 saturated heterocycles. The maximum Gasteiger partial charge on any atom is 0.409 e. The van der Waals surface area contributed by atoms with Crippen molar-refractivity contribution in [2.24, 2.45) is 5.18 Å². The number of halogens is 1. The Bertz CT molecular complexity index is 530. The molecule has 1 amide bonds. The van der Waals surface area contributed by atoms with E-state index >= 15 is 0 Å². The molecule has 114 valence electrons. The molecule has 0 radical (unpaired) electrons. The molecule has 1 aliphatic rings. The Morgan fingerprint density at radius 3 is 2.57 bits per heavy atom. The highest BCUT2D eigenvalue weighted by Gasteiger charge is 2.26.